The molecule has 0 aromatic carbocycles. The van der Waals surface area contributed by atoms with Crippen molar-refractivity contribution in [3.63, 3.8) is 0 Å². The van der Waals surface area contributed by atoms with E-state index in [1.807, 2.05) is 0 Å². The molecule has 0 bridgehead atoms. The van der Waals surface area contributed by atoms with E-state index in [4.69, 9.17) is 32.0 Å². The molecule has 0 N–H and O–H groups in total. The summed E-state index contributed by atoms with van der Waals surface area (Å²) in [4.78, 5) is 11.7. The SMILES string of the molecule is ClSc1nc(SCl)nc(SCl)n1. The third kappa shape index (κ3) is 3.01. The van der Waals surface area contributed by atoms with Gasteiger partial charge >= 0.3 is 0 Å². The van der Waals surface area contributed by atoms with E-state index >= 15 is 0 Å². The summed E-state index contributed by atoms with van der Waals surface area (Å²) in [5.41, 5.74) is 0. The zero-order valence-corrected chi connectivity index (χ0v) is 9.92. The molecule has 1 aromatic heterocycles. The van der Waals surface area contributed by atoms with Gasteiger partial charge in [0.25, 0.3) is 0 Å². The molecule has 1 rings (SSSR count). The van der Waals surface area contributed by atoms with Crippen molar-refractivity contribution < 1.29 is 0 Å². The number of hydrogen-bond acceptors (Lipinski definition) is 6. The zero-order valence-electron chi connectivity index (χ0n) is 5.20. The fourth-order valence-corrected chi connectivity index (χ4v) is 1.94. The minimum atomic E-state index is 0.387. The van der Waals surface area contributed by atoms with Crippen LogP contribution in [-0.2, 0) is 0 Å². The second-order valence-corrected chi connectivity index (χ2v) is 4.36. The highest BCUT2D eigenvalue weighted by Gasteiger charge is 2.05. The summed E-state index contributed by atoms with van der Waals surface area (Å²) in [5.74, 6) is 0. The van der Waals surface area contributed by atoms with E-state index in [9.17, 15) is 0 Å². The van der Waals surface area contributed by atoms with Crippen molar-refractivity contribution in [1.82, 2.24) is 15.0 Å². The smallest absolute Gasteiger partial charge is 0.194 e. The van der Waals surface area contributed by atoms with Crippen molar-refractivity contribution in [2.24, 2.45) is 0 Å². The third-order valence-corrected chi connectivity index (χ3v) is 2.98. The first kappa shape index (κ1) is 11.0. The van der Waals surface area contributed by atoms with E-state index in [0.717, 1.165) is 32.9 Å². The van der Waals surface area contributed by atoms with Gasteiger partial charge in [-0.2, -0.15) is 15.0 Å². The minimum absolute atomic E-state index is 0.387. The normalized spacial score (nSPS) is 10.2. The Labute approximate surface area is 94.9 Å². The van der Waals surface area contributed by atoms with Crippen LogP contribution in [0.25, 0.3) is 0 Å². The molecule has 0 atom stereocenters. The van der Waals surface area contributed by atoms with Crippen LogP contribution in [0.15, 0.2) is 15.5 Å². The molecular weight excluding hydrogens is 281 g/mol. The monoisotopic (exact) mass is 279 g/mol. The Morgan fingerprint density at radius 3 is 1.08 bits per heavy atom. The first-order chi connectivity index (χ1) is 5.80. The lowest BCUT2D eigenvalue weighted by molar-refractivity contribution is 0.723. The lowest BCUT2D eigenvalue weighted by Gasteiger charge is -1.97. The Bertz CT molecular complexity index is 217. The van der Waals surface area contributed by atoms with Gasteiger partial charge in [-0.05, 0) is 32.0 Å². The van der Waals surface area contributed by atoms with E-state index in [1.165, 1.54) is 0 Å². The van der Waals surface area contributed by atoms with Crippen LogP contribution in [0.3, 0.4) is 0 Å². The molecule has 9 heteroatoms. The molecule has 66 valence electrons. The molecule has 1 aromatic rings. The number of nitrogens with zero attached hydrogens (tertiary/aromatic N) is 3. The maximum Gasteiger partial charge on any atom is 0.208 e. The lowest BCUT2D eigenvalue weighted by atomic mass is 11.1. The van der Waals surface area contributed by atoms with Crippen LogP contribution in [-0.4, -0.2) is 15.0 Å². The third-order valence-electron chi connectivity index (χ3n) is 0.781. The summed E-state index contributed by atoms with van der Waals surface area (Å²) in [6.45, 7) is 0. The second-order valence-electron chi connectivity index (χ2n) is 1.41. The second kappa shape index (κ2) is 5.62. The molecule has 12 heavy (non-hydrogen) atoms. The van der Waals surface area contributed by atoms with E-state index in [2.05, 4.69) is 15.0 Å². The molecule has 0 aliphatic heterocycles. The summed E-state index contributed by atoms with van der Waals surface area (Å²) in [6, 6.07) is 0. The van der Waals surface area contributed by atoms with Gasteiger partial charge in [0.1, 0.15) is 0 Å². The fraction of sp³-hybridized carbons (Fsp3) is 0. The number of aromatic nitrogens is 3. The van der Waals surface area contributed by atoms with Crippen LogP contribution in [0.1, 0.15) is 0 Å². The number of hydrogen-bond donors (Lipinski definition) is 0. The molecule has 1 heterocycles. The van der Waals surface area contributed by atoms with Crippen molar-refractivity contribution in [3.8, 4) is 0 Å². The molecule has 0 fully saturated rings. The van der Waals surface area contributed by atoms with Gasteiger partial charge in [-0.3, -0.25) is 0 Å². The molecule has 0 saturated carbocycles. The first-order valence-electron chi connectivity index (χ1n) is 2.42. The van der Waals surface area contributed by atoms with Gasteiger partial charge in [0, 0.05) is 32.9 Å². The van der Waals surface area contributed by atoms with Crippen molar-refractivity contribution in [3.05, 3.63) is 0 Å². The van der Waals surface area contributed by atoms with Gasteiger partial charge in [-0.1, -0.05) is 0 Å². The van der Waals surface area contributed by atoms with Gasteiger partial charge in [-0.15, -0.1) is 0 Å². The maximum absolute atomic E-state index is 5.44. The van der Waals surface area contributed by atoms with Crippen molar-refractivity contribution >= 4 is 65.0 Å². The molecule has 0 aliphatic carbocycles. The predicted molar refractivity (Wildman–Crippen MR) is 55.0 cm³/mol. The van der Waals surface area contributed by atoms with Crippen molar-refractivity contribution in [2.75, 3.05) is 0 Å². The molecule has 0 amide bonds. The van der Waals surface area contributed by atoms with Gasteiger partial charge in [0.2, 0.25) is 15.5 Å². The number of halogens is 3. The summed E-state index contributed by atoms with van der Waals surface area (Å²) in [7, 11) is 19.0. The topological polar surface area (TPSA) is 38.7 Å². The van der Waals surface area contributed by atoms with Crippen LogP contribution in [0.2, 0.25) is 0 Å². The molecule has 0 spiro atoms. The summed E-state index contributed by atoms with van der Waals surface area (Å²) < 4.78 is 0. The average Bonchev–Trinajstić information content (AvgIpc) is 2.16. The van der Waals surface area contributed by atoms with Crippen LogP contribution >= 0.6 is 65.0 Å². The van der Waals surface area contributed by atoms with Crippen LogP contribution in [0, 0.1) is 0 Å². The Kier molecular flexibility index (Phi) is 5.15. The highest BCUT2D eigenvalue weighted by molar-refractivity contribution is 8.22. The summed E-state index contributed by atoms with van der Waals surface area (Å²) >= 11 is 0. The van der Waals surface area contributed by atoms with E-state index in [-0.39, 0.29) is 0 Å². The average molecular weight is 281 g/mol. The van der Waals surface area contributed by atoms with Gasteiger partial charge in [-0.25, -0.2) is 0 Å². The molecule has 0 aliphatic rings. The Balaban J connectivity index is 3.01. The van der Waals surface area contributed by atoms with Gasteiger partial charge < -0.3 is 0 Å². The number of rotatable bonds is 3. The Morgan fingerprint density at radius 2 is 0.917 bits per heavy atom. The Hall–Kier alpha value is 0.930. The van der Waals surface area contributed by atoms with Crippen LogP contribution in [0.5, 0.6) is 0 Å². The van der Waals surface area contributed by atoms with E-state index < -0.39 is 0 Å². The highest BCUT2D eigenvalue weighted by atomic mass is 35.7. The fourth-order valence-electron chi connectivity index (χ4n) is 0.424. The largest absolute Gasteiger partial charge is 0.208 e. The van der Waals surface area contributed by atoms with Gasteiger partial charge in [0.05, 0.1) is 0 Å². The van der Waals surface area contributed by atoms with Crippen molar-refractivity contribution in [2.45, 2.75) is 15.5 Å². The minimum Gasteiger partial charge on any atom is -0.194 e. The standard InChI is InChI=1S/C3Cl3N3S3/c4-10-1-7-2(11-5)9-3(8-1)12-6. The maximum atomic E-state index is 5.44. The zero-order chi connectivity index (χ0) is 8.97. The summed E-state index contributed by atoms with van der Waals surface area (Å²) in [6.07, 6.45) is 0. The highest BCUT2D eigenvalue weighted by Crippen LogP contribution is 2.26. The molecule has 0 unspecified atom stereocenters. The van der Waals surface area contributed by atoms with Crippen LogP contribution in [0.4, 0.5) is 0 Å². The van der Waals surface area contributed by atoms with Crippen LogP contribution < -0.4 is 0 Å². The lowest BCUT2D eigenvalue weighted by Crippen LogP contribution is -1.93. The predicted octanol–water partition coefficient (Wildman–Crippen LogP) is 3.61. The first-order valence-corrected chi connectivity index (χ1v) is 7.34. The molecule has 0 saturated heterocycles. The molecule has 0 radical (unpaired) electrons. The molecule has 3 nitrogen and oxygen atoms in total. The molecular formula is C3Cl3N3S3. The summed E-state index contributed by atoms with van der Waals surface area (Å²) in [5, 5.41) is 1.16. The van der Waals surface area contributed by atoms with Crippen molar-refractivity contribution in [1.29, 1.82) is 0 Å². The van der Waals surface area contributed by atoms with E-state index in [0.29, 0.717) is 15.5 Å². The Morgan fingerprint density at radius 1 is 0.667 bits per heavy atom. The quantitative estimate of drug-likeness (QED) is 0.842. The van der Waals surface area contributed by atoms with E-state index in [1.54, 1.807) is 0 Å². The van der Waals surface area contributed by atoms with Gasteiger partial charge in [0.15, 0.2) is 0 Å².